The van der Waals surface area contributed by atoms with Gasteiger partial charge in [0.05, 0.1) is 7.11 Å². The maximum absolute atomic E-state index is 6.32. The molecule has 3 heteroatoms. The lowest BCUT2D eigenvalue weighted by Gasteiger charge is -2.20. The van der Waals surface area contributed by atoms with Crippen molar-refractivity contribution in [2.24, 2.45) is 11.7 Å². The summed E-state index contributed by atoms with van der Waals surface area (Å²) in [7, 11) is 1.65. The Hall–Kier alpha value is -2.00. The summed E-state index contributed by atoms with van der Waals surface area (Å²) >= 11 is 0. The average molecular weight is 299 g/mol. The molecule has 22 heavy (non-hydrogen) atoms. The molecule has 2 atom stereocenters. The molecule has 0 spiro atoms. The monoisotopic (exact) mass is 299 g/mol. The number of methoxy groups -OCH3 is 1. The van der Waals surface area contributed by atoms with E-state index in [1.807, 2.05) is 48.5 Å². The van der Waals surface area contributed by atoms with Crippen molar-refractivity contribution in [3.63, 3.8) is 0 Å². The van der Waals surface area contributed by atoms with E-state index in [4.69, 9.17) is 15.2 Å². The Kier molecular flexibility index (Phi) is 5.84. The fourth-order valence-electron chi connectivity index (χ4n) is 2.33. The number of benzene rings is 2. The van der Waals surface area contributed by atoms with Gasteiger partial charge in [-0.3, -0.25) is 0 Å². The first-order valence-corrected chi connectivity index (χ1v) is 7.76. The molecule has 0 aromatic heterocycles. The van der Waals surface area contributed by atoms with Gasteiger partial charge in [0.2, 0.25) is 0 Å². The van der Waals surface area contributed by atoms with Crippen LogP contribution in [0, 0.1) is 5.92 Å². The fraction of sp³-hybridized carbons (Fsp3) is 0.368. The molecule has 3 nitrogen and oxygen atoms in total. The summed E-state index contributed by atoms with van der Waals surface area (Å²) in [6, 6.07) is 16.0. The molecule has 0 saturated heterocycles. The number of ether oxygens (including phenoxy) is 2. The van der Waals surface area contributed by atoms with Crippen LogP contribution in [-0.4, -0.2) is 7.11 Å². The van der Waals surface area contributed by atoms with Gasteiger partial charge in [-0.05, 0) is 29.2 Å². The second kappa shape index (κ2) is 7.85. The zero-order chi connectivity index (χ0) is 15.9. The molecule has 0 aliphatic rings. The Morgan fingerprint density at radius 2 is 1.77 bits per heavy atom. The summed E-state index contributed by atoms with van der Waals surface area (Å²) in [4.78, 5) is 0. The zero-order valence-corrected chi connectivity index (χ0v) is 13.6. The molecule has 1 unspecified atom stereocenters. The Morgan fingerprint density at radius 1 is 1.05 bits per heavy atom. The highest BCUT2D eigenvalue weighted by Gasteiger charge is 2.15. The summed E-state index contributed by atoms with van der Waals surface area (Å²) in [5.41, 5.74) is 8.53. The molecule has 0 radical (unpaired) electrons. The van der Waals surface area contributed by atoms with Gasteiger partial charge in [0.1, 0.15) is 6.61 Å². The summed E-state index contributed by atoms with van der Waals surface area (Å²) in [6.07, 6.45) is 1.05. The van der Waals surface area contributed by atoms with E-state index in [0.29, 0.717) is 12.5 Å². The van der Waals surface area contributed by atoms with Crippen LogP contribution in [0.4, 0.5) is 0 Å². The van der Waals surface area contributed by atoms with Gasteiger partial charge in [0.25, 0.3) is 0 Å². The van der Waals surface area contributed by atoms with Gasteiger partial charge in [0, 0.05) is 6.04 Å². The third-order valence-electron chi connectivity index (χ3n) is 4.07. The van der Waals surface area contributed by atoms with Crippen molar-refractivity contribution in [3.05, 3.63) is 59.7 Å². The lowest BCUT2D eigenvalue weighted by atomic mass is 9.93. The molecular formula is C19H25NO2. The lowest BCUT2D eigenvalue weighted by Crippen LogP contribution is -2.18. The van der Waals surface area contributed by atoms with Gasteiger partial charge in [-0.2, -0.15) is 0 Å². The van der Waals surface area contributed by atoms with E-state index in [0.717, 1.165) is 29.0 Å². The first-order chi connectivity index (χ1) is 10.7. The van der Waals surface area contributed by atoms with Crippen LogP contribution >= 0.6 is 0 Å². The van der Waals surface area contributed by atoms with Crippen LogP contribution in [0.5, 0.6) is 11.5 Å². The van der Waals surface area contributed by atoms with E-state index in [9.17, 15) is 0 Å². The first-order valence-electron chi connectivity index (χ1n) is 7.76. The van der Waals surface area contributed by atoms with Crippen LogP contribution in [0.1, 0.15) is 37.4 Å². The van der Waals surface area contributed by atoms with E-state index in [-0.39, 0.29) is 6.04 Å². The van der Waals surface area contributed by atoms with Crippen LogP contribution in [0.25, 0.3) is 0 Å². The normalized spacial score (nSPS) is 13.5. The number of hydrogen-bond donors (Lipinski definition) is 1. The summed E-state index contributed by atoms with van der Waals surface area (Å²) in [6.45, 7) is 4.83. The molecule has 118 valence electrons. The molecule has 0 bridgehead atoms. The van der Waals surface area contributed by atoms with Gasteiger partial charge >= 0.3 is 0 Å². The predicted molar refractivity (Wildman–Crippen MR) is 90.2 cm³/mol. The van der Waals surface area contributed by atoms with Crippen LogP contribution in [0.15, 0.2) is 48.5 Å². The Bertz CT molecular complexity index is 583. The van der Waals surface area contributed by atoms with Crippen molar-refractivity contribution in [3.8, 4) is 11.5 Å². The highest BCUT2D eigenvalue weighted by atomic mass is 16.5. The Morgan fingerprint density at radius 3 is 2.41 bits per heavy atom. The average Bonchev–Trinajstić information content (AvgIpc) is 2.59. The lowest BCUT2D eigenvalue weighted by molar-refractivity contribution is 0.283. The van der Waals surface area contributed by atoms with Crippen LogP contribution < -0.4 is 15.2 Å². The topological polar surface area (TPSA) is 44.5 Å². The quantitative estimate of drug-likeness (QED) is 0.828. The molecule has 0 aliphatic carbocycles. The van der Waals surface area contributed by atoms with E-state index in [1.165, 1.54) is 0 Å². The second-order valence-electron chi connectivity index (χ2n) is 5.60. The fourth-order valence-corrected chi connectivity index (χ4v) is 2.33. The molecular weight excluding hydrogens is 274 g/mol. The second-order valence-corrected chi connectivity index (χ2v) is 5.60. The highest BCUT2D eigenvalue weighted by Crippen LogP contribution is 2.32. The Labute approximate surface area is 133 Å². The van der Waals surface area contributed by atoms with Gasteiger partial charge in [-0.1, -0.05) is 56.7 Å². The van der Waals surface area contributed by atoms with Gasteiger partial charge in [-0.15, -0.1) is 0 Å². The third kappa shape index (κ3) is 4.01. The van der Waals surface area contributed by atoms with Crippen molar-refractivity contribution >= 4 is 0 Å². The van der Waals surface area contributed by atoms with Crippen molar-refractivity contribution in [1.29, 1.82) is 0 Å². The van der Waals surface area contributed by atoms with Crippen molar-refractivity contribution in [1.82, 2.24) is 0 Å². The van der Waals surface area contributed by atoms with Crippen LogP contribution in [0.3, 0.4) is 0 Å². The maximum atomic E-state index is 6.32. The van der Waals surface area contributed by atoms with Crippen LogP contribution in [-0.2, 0) is 6.61 Å². The maximum Gasteiger partial charge on any atom is 0.161 e. The minimum atomic E-state index is 0.00924. The molecule has 0 amide bonds. The number of hydrogen-bond acceptors (Lipinski definition) is 3. The van der Waals surface area contributed by atoms with Crippen molar-refractivity contribution < 1.29 is 9.47 Å². The van der Waals surface area contributed by atoms with E-state index < -0.39 is 0 Å². The first kappa shape index (κ1) is 16.4. The molecule has 0 fully saturated rings. The minimum Gasteiger partial charge on any atom is -0.493 e. The molecule has 2 rings (SSSR count). The smallest absolute Gasteiger partial charge is 0.161 e. The van der Waals surface area contributed by atoms with Crippen LogP contribution in [0.2, 0.25) is 0 Å². The predicted octanol–water partition coefficient (Wildman–Crippen LogP) is 4.32. The van der Waals surface area contributed by atoms with Crippen molar-refractivity contribution in [2.75, 3.05) is 7.11 Å². The third-order valence-corrected chi connectivity index (χ3v) is 4.07. The Balaban J connectivity index is 2.17. The number of rotatable bonds is 7. The summed E-state index contributed by atoms with van der Waals surface area (Å²) < 4.78 is 11.3. The molecule has 2 N–H and O–H groups in total. The largest absolute Gasteiger partial charge is 0.493 e. The molecule has 2 aromatic rings. The van der Waals surface area contributed by atoms with E-state index >= 15 is 0 Å². The standard InChI is InChI=1S/C19H25NO2/c1-4-14(2)19(20)16-10-11-17(21-3)18(12-16)22-13-15-8-6-5-7-9-15/h5-12,14,19H,4,13,20H2,1-3H3/t14?,19-/m1/s1. The summed E-state index contributed by atoms with van der Waals surface area (Å²) in [5.74, 6) is 1.90. The molecule has 0 heterocycles. The highest BCUT2D eigenvalue weighted by molar-refractivity contribution is 5.44. The van der Waals surface area contributed by atoms with Gasteiger partial charge < -0.3 is 15.2 Å². The summed E-state index contributed by atoms with van der Waals surface area (Å²) in [5, 5.41) is 0. The number of nitrogens with two attached hydrogens (primary N) is 1. The zero-order valence-electron chi connectivity index (χ0n) is 13.6. The van der Waals surface area contributed by atoms with Gasteiger partial charge in [-0.25, -0.2) is 0 Å². The van der Waals surface area contributed by atoms with Gasteiger partial charge in [0.15, 0.2) is 11.5 Å². The molecule has 0 aliphatic heterocycles. The van der Waals surface area contributed by atoms with Crippen molar-refractivity contribution in [2.45, 2.75) is 32.9 Å². The SMILES string of the molecule is CCC(C)[C@@H](N)c1ccc(OC)c(OCc2ccccc2)c1. The minimum absolute atomic E-state index is 0.00924. The molecule has 2 aromatic carbocycles. The molecule has 0 saturated carbocycles. The van der Waals surface area contributed by atoms with E-state index in [2.05, 4.69) is 13.8 Å². The van der Waals surface area contributed by atoms with E-state index in [1.54, 1.807) is 7.11 Å².